The minimum Gasteiger partial charge on any atom is -0.352 e. The van der Waals surface area contributed by atoms with E-state index < -0.39 is 0 Å². The maximum Gasteiger partial charge on any atom is 0.237 e. The maximum absolute atomic E-state index is 12.4. The third kappa shape index (κ3) is 4.43. The molecule has 2 heterocycles. The lowest BCUT2D eigenvalue weighted by Gasteiger charge is -2.38. The molecule has 0 aromatic heterocycles. The van der Waals surface area contributed by atoms with E-state index in [1.54, 1.807) is 0 Å². The molecule has 0 saturated carbocycles. The molecule has 0 aliphatic carbocycles. The van der Waals surface area contributed by atoms with E-state index >= 15 is 0 Å². The van der Waals surface area contributed by atoms with Crippen molar-refractivity contribution in [1.82, 2.24) is 15.5 Å². The highest BCUT2D eigenvalue weighted by atomic mass is 16.2. The molecule has 3 unspecified atom stereocenters. The molecule has 1 amide bonds. The van der Waals surface area contributed by atoms with Gasteiger partial charge in [0.05, 0.1) is 6.04 Å². The Bertz CT molecular complexity index is 324. The molecule has 0 aromatic rings. The maximum atomic E-state index is 12.4. The van der Waals surface area contributed by atoms with Gasteiger partial charge in [0, 0.05) is 18.6 Å². The fourth-order valence-electron chi connectivity index (χ4n) is 3.81. The van der Waals surface area contributed by atoms with Gasteiger partial charge in [-0.15, -0.1) is 0 Å². The van der Waals surface area contributed by atoms with Gasteiger partial charge in [-0.05, 0) is 64.5 Å². The first-order valence-electron chi connectivity index (χ1n) is 8.93. The lowest BCUT2D eigenvalue weighted by Crippen LogP contribution is -2.53. The second kappa shape index (κ2) is 8.14. The number of likely N-dealkylation sites (tertiary alicyclic amines) is 1. The molecule has 3 atom stereocenters. The van der Waals surface area contributed by atoms with Crippen LogP contribution in [0, 0.1) is 5.92 Å². The first-order chi connectivity index (χ1) is 10.2. The average molecular weight is 295 g/mol. The predicted octanol–water partition coefficient (Wildman–Crippen LogP) is 2.14. The van der Waals surface area contributed by atoms with E-state index in [9.17, 15) is 4.79 Å². The van der Waals surface area contributed by atoms with Crippen LogP contribution in [-0.4, -0.2) is 48.6 Å². The zero-order valence-corrected chi connectivity index (χ0v) is 14.0. The Kier molecular flexibility index (Phi) is 6.49. The molecule has 4 heteroatoms. The van der Waals surface area contributed by atoms with Crippen LogP contribution >= 0.6 is 0 Å². The van der Waals surface area contributed by atoms with Gasteiger partial charge in [-0.25, -0.2) is 0 Å². The van der Waals surface area contributed by atoms with Gasteiger partial charge in [-0.3, -0.25) is 9.69 Å². The Morgan fingerprint density at radius 3 is 2.67 bits per heavy atom. The molecule has 0 spiro atoms. The smallest absolute Gasteiger partial charge is 0.237 e. The first-order valence-corrected chi connectivity index (χ1v) is 8.93. The number of hydrogen-bond donors (Lipinski definition) is 2. The van der Waals surface area contributed by atoms with Gasteiger partial charge >= 0.3 is 0 Å². The Morgan fingerprint density at radius 2 is 2.05 bits per heavy atom. The molecule has 0 aromatic carbocycles. The number of carbonyl (C=O) groups is 1. The number of carbonyl (C=O) groups excluding carboxylic acids is 1. The quantitative estimate of drug-likeness (QED) is 0.789. The first kappa shape index (κ1) is 16.8. The van der Waals surface area contributed by atoms with Gasteiger partial charge in [-0.2, -0.15) is 0 Å². The molecule has 0 radical (unpaired) electrons. The van der Waals surface area contributed by atoms with Crippen LogP contribution in [-0.2, 0) is 4.79 Å². The molecule has 2 saturated heterocycles. The topological polar surface area (TPSA) is 44.4 Å². The van der Waals surface area contributed by atoms with Crippen molar-refractivity contribution in [2.75, 3.05) is 19.6 Å². The van der Waals surface area contributed by atoms with Crippen LogP contribution in [0.4, 0.5) is 0 Å². The Hall–Kier alpha value is -0.610. The monoisotopic (exact) mass is 295 g/mol. The molecule has 2 fully saturated rings. The molecule has 2 N–H and O–H groups in total. The van der Waals surface area contributed by atoms with Crippen molar-refractivity contribution in [3.63, 3.8) is 0 Å². The fraction of sp³-hybridized carbons (Fsp3) is 0.941. The largest absolute Gasteiger partial charge is 0.352 e. The van der Waals surface area contributed by atoms with Crippen molar-refractivity contribution in [3.05, 3.63) is 0 Å². The Balaban J connectivity index is 1.85. The molecule has 2 aliphatic rings. The van der Waals surface area contributed by atoms with Gasteiger partial charge in [0.15, 0.2) is 0 Å². The van der Waals surface area contributed by atoms with Crippen LogP contribution in [0.1, 0.15) is 59.3 Å². The molecule has 122 valence electrons. The van der Waals surface area contributed by atoms with Crippen molar-refractivity contribution in [1.29, 1.82) is 0 Å². The van der Waals surface area contributed by atoms with Crippen LogP contribution in [0.25, 0.3) is 0 Å². The van der Waals surface area contributed by atoms with Crippen molar-refractivity contribution in [2.24, 2.45) is 5.92 Å². The number of nitrogens with zero attached hydrogens (tertiary/aromatic N) is 1. The average Bonchev–Trinajstić information content (AvgIpc) is 3.06. The minimum atomic E-state index is 0.00908. The highest BCUT2D eigenvalue weighted by molar-refractivity contribution is 5.81. The molecule has 4 nitrogen and oxygen atoms in total. The number of nitrogens with one attached hydrogen (secondary N) is 2. The summed E-state index contributed by atoms with van der Waals surface area (Å²) in [5.74, 6) is 0.938. The number of amides is 1. The summed E-state index contributed by atoms with van der Waals surface area (Å²) in [6.07, 6.45) is 7.20. The van der Waals surface area contributed by atoms with Crippen LogP contribution in [0.3, 0.4) is 0 Å². The molecule has 0 bridgehead atoms. The van der Waals surface area contributed by atoms with Gasteiger partial charge in [-0.1, -0.05) is 13.8 Å². The summed E-state index contributed by atoms with van der Waals surface area (Å²) < 4.78 is 0. The van der Waals surface area contributed by atoms with Gasteiger partial charge in [0.2, 0.25) is 5.91 Å². The van der Waals surface area contributed by atoms with Crippen LogP contribution in [0.5, 0.6) is 0 Å². The summed E-state index contributed by atoms with van der Waals surface area (Å²) in [6.45, 7) is 9.67. The van der Waals surface area contributed by atoms with E-state index in [0.717, 1.165) is 31.8 Å². The fourth-order valence-corrected chi connectivity index (χ4v) is 3.81. The lowest BCUT2D eigenvalue weighted by molar-refractivity contribution is -0.127. The Labute approximate surface area is 130 Å². The summed E-state index contributed by atoms with van der Waals surface area (Å²) in [5.41, 5.74) is 0. The number of rotatable bonds is 6. The van der Waals surface area contributed by atoms with Crippen molar-refractivity contribution in [2.45, 2.75) is 77.4 Å². The van der Waals surface area contributed by atoms with E-state index in [0.29, 0.717) is 12.1 Å². The molecular weight excluding hydrogens is 262 g/mol. The second-order valence-electron chi connectivity index (χ2n) is 6.80. The summed E-state index contributed by atoms with van der Waals surface area (Å²) in [4.78, 5) is 14.8. The molecular formula is C17H33N3O. The molecule has 2 rings (SSSR count). The molecule has 2 aliphatic heterocycles. The normalized spacial score (nSPS) is 28.8. The predicted molar refractivity (Wildman–Crippen MR) is 87.3 cm³/mol. The minimum absolute atomic E-state index is 0.00908. The summed E-state index contributed by atoms with van der Waals surface area (Å²) in [6, 6.07) is 1.02. The number of piperidine rings is 1. The zero-order valence-electron chi connectivity index (χ0n) is 14.0. The van der Waals surface area contributed by atoms with E-state index in [4.69, 9.17) is 0 Å². The van der Waals surface area contributed by atoms with E-state index in [1.807, 2.05) is 0 Å². The number of hydrogen-bond acceptors (Lipinski definition) is 3. The summed E-state index contributed by atoms with van der Waals surface area (Å²) in [7, 11) is 0. The van der Waals surface area contributed by atoms with E-state index in [1.165, 1.54) is 32.2 Å². The summed E-state index contributed by atoms with van der Waals surface area (Å²) >= 11 is 0. The zero-order chi connectivity index (χ0) is 15.2. The van der Waals surface area contributed by atoms with Crippen molar-refractivity contribution in [3.8, 4) is 0 Å². The van der Waals surface area contributed by atoms with E-state index in [-0.39, 0.29) is 11.9 Å². The van der Waals surface area contributed by atoms with Crippen LogP contribution in [0.15, 0.2) is 0 Å². The van der Waals surface area contributed by atoms with Crippen molar-refractivity contribution < 1.29 is 4.79 Å². The van der Waals surface area contributed by atoms with Gasteiger partial charge < -0.3 is 10.6 Å². The Morgan fingerprint density at radius 1 is 1.29 bits per heavy atom. The van der Waals surface area contributed by atoms with E-state index in [2.05, 4.69) is 36.3 Å². The summed E-state index contributed by atoms with van der Waals surface area (Å²) in [5, 5.41) is 6.84. The van der Waals surface area contributed by atoms with Crippen molar-refractivity contribution >= 4 is 5.91 Å². The highest BCUT2D eigenvalue weighted by Gasteiger charge is 2.32. The second-order valence-corrected chi connectivity index (χ2v) is 6.80. The highest BCUT2D eigenvalue weighted by Crippen LogP contribution is 2.25. The SMILES string of the molecule is CCC(CC)NC(=O)C(C)N1CCCC(C2CCCN2)C1. The van der Waals surface area contributed by atoms with Crippen LogP contribution < -0.4 is 10.6 Å². The van der Waals surface area contributed by atoms with Gasteiger partial charge in [0.25, 0.3) is 0 Å². The van der Waals surface area contributed by atoms with Gasteiger partial charge in [0.1, 0.15) is 0 Å². The lowest BCUT2D eigenvalue weighted by atomic mass is 9.89. The third-order valence-electron chi connectivity index (χ3n) is 5.42. The third-order valence-corrected chi connectivity index (χ3v) is 5.42. The standard InChI is InChI=1S/C17H33N3O/c1-4-15(5-2)19-17(21)13(3)20-11-7-8-14(12-20)16-9-6-10-18-16/h13-16,18H,4-12H2,1-3H3,(H,19,21). The molecule has 21 heavy (non-hydrogen) atoms. The van der Waals surface area contributed by atoms with Crippen LogP contribution in [0.2, 0.25) is 0 Å².